The number of hydrogen-bond donors (Lipinski definition) is 1. The lowest BCUT2D eigenvalue weighted by Gasteiger charge is -2.21. The summed E-state index contributed by atoms with van der Waals surface area (Å²) < 4.78 is 0. The maximum atomic E-state index is 12.0. The van der Waals surface area contributed by atoms with E-state index >= 15 is 0 Å². The second-order valence-corrected chi connectivity index (χ2v) is 5.21. The summed E-state index contributed by atoms with van der Waals surface area (Å²) in [4.78, 5) is 14.0. The largest absolute Gasteiger partial charge is 0.343 e. The molecule has 1 amide bonds. The summed E-state index contributed by atoms with van der Waals surface area (Å²) in [6.07, 6.45) is 6.95. The fraction of sp³-hybridized carbons (Fsp3) is 0.923. The standard InChI is InChI=1S/C13H24N2O/c1-2-15(10-11-5-6-11)13(16)8-7-12-4-3-9-14-12/h11-12,14H,2-10H2,1H3. The lowest BCUT2D eigenvalue weighted by Crippen LogP contribution is -2.34. The van der Waals surface area contributed by atoms with Gasteiger partial charge in [-0.25, -0.2) is 0 Å². The first kappa shape index (κ1) is 11.9. The van der Waals surface area contributed by atoms with Gasteiger partial charge in [-0.2, -0.15) is 0 Å². The Labute approximate surface area is 98.6 Å². The quantitative estimate of drug-likeness (QED) is 0.746. The molecule has 1 aliphatic heterocycles. The van der Waals surface area contributed by atoms with Gasteiger partial charge in [-0.05, 0) is 51.5 Å². The molecule has 1 unspecified atom stereocenters. The highest BCUT2D eigenvalue weighted by molar-refractivity contribution is 5.76. The lowest BCUT2D eigenvalue weighted by atomic mass is 10.1. The summed E-state index contributed by atoms with van der Waals surface area (Å²) in [6, 6.07) is 0.601. The minimum absolute atomic E-state index is 0.364. The molecule has 2 rings (SSSR count). The highest BCUT2D eigenvalue weighted by atomic mass is 16.2. The van der Waals surface area contributed by atoms with Gasteiger partial charge in [-0.15, -0.1) is 0 Å². The molecule has 0 aromatic carbocycles. The fourth-order valence-electron chi connectivity index (χ4n) is 2.48. The molecule has 1 heterocycles. The van der Waals surface area contributed by atoms with E-state index in [0.29, 0.717) is 11.9 Å². The zero-order chi connectivity index (χ0) is 11.4. The topological polar surface area (TPSA) is 32.3 Å². The van der Waals surface area contributed by atoms with Crippen molar-refractivity contribution in [2.75, 3.05) is 19.6 Å². The second kappa shape index (κ2) is 5.67. The van der Waals surface area contributed by atoms with E-state index in [1.807, 2.05) is 4.90 Å². The van der Waals surface area contributed by atoms with E-state index < -0.39 is 0 Å². The Hall–Kier alpha value is -0.570. The zero-order valence-electron chi connectivity index (χ0n) is 10.4. The van der Waals surface area contributed by atoms with Gasteiger partial charge in [0.2, 0.25) is 5.91 Å². The predicted molar refractivity (Wildman–Crippen MR) is 65.2 cm³/mol. The van der Waals surface area contributed by atoms with Crippen molar-refractivity contribution < 1.29 is 4.79 Å². The van der Waals surface area contributed by atoms with E-state index in [1.165, 1.54) is 25.7 Å². The van der Waals surface area contributed by atoms with Crippen LogP contribution in [0.4, 0.5) is 0 Å². The van der Waals surface area contributed by atoms with E-state index in [-0.39, 0.29) is 0 Å². The summed E-state index contributed by atoms with van der Waals surface area (Å²) in [6.45, 7) is 5.12. The molecule has 3 nitrogen and oxygen atoms in total. The van der Waals surface area contributed by atoms with Gasteiger partial charge in [0.25, 0.3) is 0 Å². The third kappa shape index (κ3) is 3.48. The van der Waals surface area contributed by atoms with Crippen LogP contribution >= 0.6 is 0 Å². The first-order valence-corrected chi connectivity index (χ1v) is 6.80. The van der Waals surface area contributed by atoms with Crippen molar-refractivity contribution in [2.24, 2.45) is 5.92 Å². The smallest absolute Gasteiger partial charge is 0.222 e. The van der Waals surface area contributed by atoms with Gasteiger partial charge >= 0.3 is 0 Å². The number of rotatable bonds is 6. The summed E-state index contributed by atoms with van der Waals surface area (Å²) in [5, 5.41) is 3.45. The van der Waals surface area contributed by atoms with Crippen molar-refractivity contribution in [1.82, 2.24) is 10.2 Å². The lowest BCUT2D eigenvalue weighted by molar-refractivity contribution is -0.131. The molecule has 0 spiro atoms. The monoisotopic (exact) mass is 224 g/mol. The van der Waals surface area contributed by atoms with Crippen molar-refractivity contribution in [2.45, 2.75) is 51.5 Å². The Morgan fingerprint density at radius 3 is 2.75 bits per heavy atom. The van der Waals surface area contributed by atoms with Gasteiger partial charge in [0.1, 0.15) is 0 Å². The maximum absolute atomic E-state index is 12.0. The summed E-state index contributed by atoms with van der Waals surface area (Å²) >= 11 is 0. The van der Waals surface area contributed by atoms with Gasteiger partial charge in [-0.3, -0.25) is 4.79 Å². The Balaban J connectivity index is 1.67. The van der Waals surface area contributed by atoms with Crippen LogP contribution in [0.5, 0.6) is 0 Å². The van der Waals surface area contributed by atoms with E-state index in [2.05, 4.69) is 12.2 Å². The van der Waals surface area contributed by atoms with Crippen LogP contribution in [0.15, 0.2) is 0 Å². The molecule has 0 aromatic rings. The van der Waals surface area contributed by atoms with Gasteiger partial charge in [0.15, 0.2) is 0 Å². The fourth-order valence-corrected chi connectivity index (χ4v) is 2.48. The minimum Gasteiger partial charge on any atom is -0.343 e. The second-order valence-electron chi connectivity index (χ2n) is 5.21. The van der Waals surface area contributed by atoms with Crippen LogP contribution in [0, 0.1) is 5.92 Å². The highest BCUT2D eigenvalue weighted by Crippen LogP contribution is 2.29. The summed E-state index contributed by atoms with van der Waals surface area (Å²) in [5.74, 6) is 1.18. The van der Waals surface area contributed by atoms with Gasteiger partial charge in [0, 0.05) is 25.6 Å². The normalized spacial score (nSPS) is 24.7. The van der Waals surface area contributed by atoms with Crippen molar-refractivity contribution in [3.05, 3.63) is 0 Å². The van der Waals surface area contributed by atoms with E-state index in [9.17, 15) is 4.79 Å². The predicted octanol–water partition coefficient (Wildman–Crippen LogP) is 1.78. The molecule has 0 radical (unpaired) electrons. The van der Waals surface area contributed by atoms with Crippen molar-refractivity contribution in [3.8, 4) is 0 Å². The Morgan fingerprint density at radius 1 is 1.38 bits per heavy atom. The first-order valence-electron chi connectivity index (χ1n) is 6.80. The molecule has 1 saturated carbocycles. The van der Waals surface area contributed by atoms with Gasteiger partial charge in [0.05, 0.1) is 0 Å². The van der Waals surface area contributed by atoms with Crippen LogP contribution in [-0.2, 0) is 4.79 Å². The number of hydrogen-bond acceptors (Lipinski definition) is 2. The van der Waals surface area contributed by atoms with E-state index in [1.54, 1.807) is 0 Å². The van der Waals surface area contributed by atoms with Crippen molar-refractivity contribution >= 4 is 5.91 Å². The number of nitrogens with zero attached hydrogens (tertiary/aromatic N) is 1. The zero-order valence-corrected chi connectivity index (χ0v) is 10.4. The highest BCUT2D eigenvalue weighted by Gasteiger charge is 2.26. The molecule has 1 saturated heterocycles. The molecule has 1 N–H and O–H groups in total. The van der Waals surface area contributed by atoms with E-state index in [0.717, 1.165) is 38.4 Å². The Morgan fingerprint density at radius 2 is 2.19 bits per heavy atom. The molecular weight excluding hydrogens is 200 g/mol. The van der Waals surface area contributed by atoms with Crippen LogP contribution in [0.2, 0.25) is 0 Å². The SMILES string of the molecule is CCN(CC1CC1)C(=O)CCC1CCCN1. The van der Waals surface area contributed by atoms with Crippen LogP contribution in [0.1, 0.15) is 45.4 Å². The Kier molecular flexibility index (Phi) is 4.22. The molecule has 1 atom stereocenters. The molecule has 3 heteroatoms. The maximum Gasteiger partial charge on any atom is 0.222 e. The van der Waals surface area contributed by atoms with Crippen LogP contribution < -0.4 is 5.32 Å². The van der Waals surface area contributed by atoms with Crippen LogP contribution in [0.3, 0.4) is 0 Å². The van der Waals surface area contributed by atoms with Gasteiger partial charge < -0.3 is 10.2 Å². The number of amides is 1. The van der Waals surface area contributed by atoms with Gasteiger partial charge in [-0.1, -0.05) is 0 Å². The minimum atomic E-state index is 0.364. The number of nitrogens with one attached hydrogen (secondary N) is 1. The average Bonchev–Trinajstić information content (AvgIpc) is 2.96. The molecule has 16 heavy (non-hydrogen) atoms. The number of carbonyl (C=O) groups excluding carboxylic acids is 1. The number of carbonyl (C=O) groups is 1. The third-order valence-electron chi connectivity index (χ3n) is 3.78. The van der Waals surface area contributed by atoms with Crippen molar-refractivity contribution in [1.29, 1.82) is 0 Å². The first-order chi connectivity index (χ1) is 7.79. The molecule has 0 aromatic heterocycles. The summed E-state index contributed by atoms with van der Waals surface area (Å²) in [5.41, 5.74) is 0. The molecule has 0 bridgehead atoms. The Bertz CT molecular complexity index is 232. The molecule has 92 valence electrons. The molecule has 2 aliphatic rings. The average molecular weight is 224 g/mol. The molecule has 2 fully saturated rings. The third-order valence-corrected chi connectivity index (χ3v) is 3.78. The van der Waals surface area contributed by atoms with Crippen LogP contribution in [-0.4, -0.2) is 36.5 Å². The van der Waals surface area contributed by atoms with Crippen LogP contribution in [0.25, 0.3) is 0 Å². The summed E-state index contributed by atoms with van der Waals surface area (Å²) in [7, 11) is 0. The molecular formula is C13H24N2O. The van der Waals surface area contributed by atoms with E-state index in [4.69, 9.17) is 0 Å². The van der Waals surface area contributed by atoms with Crippen molar-refractivity contribution in [3.63, 3.8) is 0 Å². The molecule has 1 aliphatic carbocycles.